The van der Waals surface area contributed by atoms with Crippen molar-refractivity contribution in [3.05, 3.63) is 84.2 Å². The second-order valence-corrected chi connectivity index (χ2v) is 7.22. The molecule has 168 valence electrons. The van der Waals surface area contributed by atoms with Gasteiger partial charge in [0.05, 0.1) is 0 Å². The second-order valence-electron chi connectivity index (χ2n) is 7.22. The summed E-state index contributed by atoms with van der Waals surface area (Å²) in [5.74, 6) is -3.62. The molecule has 2 heterocycles. The molecule has 0 fully saturated rings. The van der Waals surface area contributed by atoms with Gasteiger partial charge in [-0.05, 0) is 23.3 Å². The number of nitrogens with zero attached hydrogens (tertiary/aromatic N) is 3. The van der Waals surface area contributed by atoms with Crippen LogP contribution in [-0.2, 0) is 15.1 Å². The van der Waals surface area contributed by atoms with Gasteiger partial charge in [0.25, 0.3) is 5.91 Å². The molecule has 1 aliphatic rings. The molecule has 1 aliphatic heterocycles. The first-order valence-corrected chi connectivity index (χ1v) is 9.68. The van der Waals surface area contributed by atoms with E-state index >= 15 is 0 Å². The van der Waals surface area contributed by atoms with Crippen molar-refractivity contribution in [2.24, 2.45) is 10.7 Å². The Morgan fingerprint density at radius 2 is 1.70 bits per heavy atom. The zero-order chi connectivity index (χ0) is 23.8. The molecule has 0 bridgehead atoms. The molecule has 10 heteroatoms. The molecule has 0 spiro atoms. The fourth-order valence-electron chi connectivity index (χ4n) is 3.68. The van der Waals surface area contributed by atoms with Gasteiger partial charge in [0.2, 0.25) is 0 Å². The highest BCUT2D eigenvalue weighted by molar-refractivity contribution is 6.09. The molecule has 3 aromatic rings. The smallest absolute Gasteiger partial charge is 0.419 e. The van der Waals surface area contributed by atoms with Crippen LogP contribution >= 0.6 is 0 Å². The summed E-state index contributed by atoms with van der Waals surface area (Å²) in [6.07, 6.45) is -2.38. The molecular weight excluding hydrogens is 437 g/mol. The fraction of sp³-hybridized carbons (Fsp3) is 0.130. The van der Waals surface area contributed by atoms with Crippen LogP contribution in [0, 0.1) is 0 Å². The molecule has 1 aromatic heterocycles. The SMILES string of the molecule is CN1C(=O)C(c2ccccc2)(c2cccc(-c3ccncc3)c2OC(=O)C(F)(F)F)N=C1N. The van der Waals surface area contributed by atoms with Gasteiger partial charge in [-0.25, -0.2) is 9.79 Å². The predicted molar refractivity (Wildman–Crippen MR) is 113 cm³/mol. The number of likely N-dealkylation sites (N-methyl/N-ethyl adjacent to an activating group) is 1. The number of ether oxygens (including phenoxy) is 1. The van der Waals surface area contributed by atoms with Crippen LogP contribution in [0.15, 0.2) is 78.0 Å². The number of para-hydroxylation sites is 1. The summed E-state index contributed by atoms with van der Waals surface area (Å²) in [5.41, 5.74) is 4.96. The first-order valence-electron chi connectivity index (χ1n) is 9.68. The lowest BCUT2D eigenvalue weighted by Gasteiger charge is -2.28. The van der Waals surface area contributed by atoms with Crippen LogP contribution in [0.1, 0.15) is 11.1 Å². The number of hydrogen-bond acceptors (Lipinski definition) is 6. The molecule has 7 nitrogen and oxygen atoms in total. The summed E-state index contributed by atoms with van der Waals surface area (Å²) < 4.78 is 44.5. The van der Waals surface area contributed by atoms with E-state index in [9.17, 15) is 22.8 Å². The molecule has 2 N–H and O–H groups in total. The van der Waals surface area contributed by atoms with Crippen molar-refractivity contribution in [3.63, 3.8) is 0 Å². The number of guanidine groups is 1. The van der Waals surface area contributed by atoms with Crippen LogP contribution in [0.4, 0.5) is 13.2 Å². The van der Waals surface area contributed by atoms with E-state index in [1.807, 2.05) is 0 Å². The maximum atomic E-state index is 13.5. The number of aliphatic imine (C=N–C) groups is 1. The predicted octanol–water partition coefficient (Wildman–Crippen LogP) is 3.25. The summed E-state index contributed by atoms with van der Waals surface area (Å²) in [7, 11) is 1.40. The number of esters is 1. The Bertz CT molecular complexity index is 1250. The van der Waals surface area contributed by atoms with E-state index < -0.39 is 29.3 Å². The Balaban J connectivity index is 2.05. The third-order valence-corrected chi connectivity index (χ3v) is 5.25. The first-order chi connectivity index (χ1) is 15.7. The number of rotatable bonds is 4. The monoisotopic (exact) mass is 454 g/mol. The molecule has 2 aromatic carbocycles. The Kier molecular flexibility index (Phi) is 5.36. The number of aromatic nitrogens is 1. The van der Waals surface area contributed by atoms with Crippen molar-refractivity contribution in [2.45, 2.75) is 11.7 Å². The van der Waals surface area contributed by atoms with Gasteiger partial charge in [-0.1, -0.05) is 48.5 Å². The summed E-state index contributed by atoms with van der Waals surface area (Å²) in [4.78, 5) is 34.8. The minimum atomic E-state index is -5.26. The van der Waals surface area contributed by atoms with Gasteiger partial charge in [0.1, 0.15) is 5.75 Å². The van der Waals surface area contributed by atoms with Crippen molar-refractivity contribution < 1.29 is 27.5 Å². The molecule has 0 aliphatic carbocycles. The van der Waals surface area contributed by atoms with Gasteiger partial charge in [0, 0.05) is 30.6 Å². The van der Waals surface area contributed by atoms with Crippen LogP contribution in [0.5, 0.6) is 5.75 Å². The number of carbonyl (C=O) groups is 2. The van der Waals surface area contributed by atoms with Crippen molar-refractivity contribution in [1.82, 2.24) is 9.88 Å². The normalized spacial score (nSPS) is 18.2. The van der Waals surface area contributed by atoms with Crippen molar-refractivity contribution >= 4 is 17.8 Å². The zero-order valence-electron chi connectivity index (χ0n) is 17.2. The molecule has 0 saturated heterocycles. The van der Waals surface area contributed by atoms with Crippen LogP contribution in [0.2, 0.25) is 0 Å². The number of alkyl halides is 3. The fourth-order valence-corrected chi connectivity index (χ4v) is 3.68. The molecule has 33 heavy (non-hydrogen) atoms. The first kappa shape index (κ1) is 22.0. The largest absolute Gasteiger partial charge is 0.491 e. The van der Waals surface area contributed by atoms with Gasteiger partial charge in [0.15, 0.2) is 11.5 Å². The molecule has 4 rings (SSSR count). The molecule has 0 radical (unpaired) electrons. The highest BCUT2D eigenvalue weighted by Gasteiger charge is 2.52. The molecule has 1 atom stereocenters. The van der Waals surface area contributed by atoms with Crippen molar-refractivity contribution in [2.75, 3.05) is 7.05 Å². The lowest BCUT2D eigenvalue weighted by atomic mass is 9.81. The van der Waals surface area contributed by atoms with E-state index in [0.29, 0.717) is 11.1 Å². The molecule has 0 saturated carbocycles. The topological polar surface area (TPSA) is 97.9 Å². The number of nitrogens with two attached hydrogens (primary N) is 1. The minimum Gasteiger partial charge on any atom is -0.419 e. The van der Waals surface area contributed by atoms with Crippen LogP contribution in [-0.4, -0.2) is 40.9 Å². The number of pyridine rings is 1. The molecule has 1 amide bonds. The van der Waals surface area contributed by atoms with Gasteiger partial charge in [-0.2, -0.15) is 13.2 Å². The van der Waals surface area contributed by atoms with E-state index in [1.54, 1.807) is 42.5 Å². The number of amides is 1. The standard InChI is InChI=1S/C23H17F3N4O3/c1-30-19(31)22(29-21(30)27,15-6-3-2-4-7-15)17-9-5-8-16(14-10-12-28-13-11-14)18(17)33-20(32)23(24,25)26/h2-13H,1H3,(H2,27,29). The van der Waals surface area contributed by atoms with Crippen molar-refractivity contribution in [1.29, 1.82) is 0 Å². The zero-order valence-corrected chi connectivity index (χ0v) is 17.2. The van der Waals surface area contributed by atoms with Gasteiger partial charge in [-0.3, -0.25) is 14.7 Å². The van der Waals surface area contributed by atoms with E-state index in [4.69, 9.17) is 10.5 Å². The van der Waals surface area contributed by atoms with Crippen LogP contribution < -0.4 is 10.5 Å². The Morgan fingerprint density at radius 1 is 1.03 bits per heavy atom. The van der Waals surface area contributed by atoms with E-state index in [0.717, 1.165) is 4.90 Å². The molecular formula is C23H17F3N4O3. The third-order valence-electron chi connectivity index (χ3n) is 5.25. The van der Waals surface area contributed by atoms with Gasteiger partial charge < -0.3 is 10.5 Å². The third kappa shape index (κ3) is 3.69. The lowest BCUT2D eigenvalue weighted by molar-refractivity contribution is -0.189. The van der Waals surface area contributed by atoms with Crippen LogP contribution in [0.25, 0.3) is 11.1 Å². The highest BCUT2D eigenvalue weighted by Crippen LogP contribution is 2.47. The average Bonchev–Trinajstić information content (AvgIpc) is 3.04. The number of benzene rings is 2. The van der Waals surface area contributed by atoms with E-state index in [1.165, 1.54) is 37.6 Å². The van der Waals surface area contributed by atoms with Crippen LogP contribution in [0.3, 0.4) is 0 Å². The number of halogens is 3. The summed E-state index contributed by atoms with van der Waals surface area (Å²) >= 11 is 0. The summed E-state index contributed by atoms with van der Waals surface area (Å²) in [6.45, 7) is 0. The lowest BCUT2D eigenvalue weighted by Crippen LogP contribution is -2.41. The van der Waals surface area contributed by atoms with Gasteiger partial charge in [-0.15, -0.1) is 0 Å². The minimum absolute atomic E-state index is 0.0575. The number of hydrogen-bond donors (Lipinski definition) is 1. The van der Waals surface area contributed by atoms with E-state index in [2.05, 4.69) is 9.98 Å². The maximum Gasteiger partial charge on any atom is 0.491 e. The highest BCUT2D eigenvalue weighted by atomic mass is 19.4. The maximum absolute atomic E-state index is 13.5. The Labute approximate surface area is 186 Å². The molecule has 1 unspecified atom stereocenters. The summed E-state index contributed by atoms with van der Waals surface area (Å²) in [5, 5.41) is 0. The summed E-state index contributed by atoms with van der Waals surface area (Å²) in [6, 6.07) is 15.7. The quantitative estimate of drug-likeness (QED) is 0.482. The Morgan fingerprint density at radius 3 is 2.27 bits per heavy atom. The second kappa shape index (κ2) is 8.05. The number of carbonyl (C=O) groups excluding carboxylic acids is 2. The Hall–Kier alpha value is -4.21. The van der Waals surface area contributed by atoms with E-state index in [-0.39, 0.29) is 17.1 Å². The average molecular weight is 454 g/mol. The van der Waals surface area contributed by atoms with Gasteiger partial charge >= 0.3 is 12.1 Å². The van der Waals surface area contributed by atoms with Crippen molar-refractivity contribution in [3.8, 4) is 16.9 Å².